The van der Waals surface area contributed by atoms with Crippen molar-refractivity contribution in [2.24, 2.45) is 5.84 Å². The first kappa shape index (κ1) is 4.15. The Morgan fingerprint density at radius 2 is 2.67 bits per heavy atom. The quantitative estimate of drug-likeness (QED) is 0.335. The van der Waals surface area contributed by atoms with Crippen molar-refractivity contribution in [3.8, 4) is 0 Å². The Labute approximate surface area is 42.5 Å². The Balaban J connectivity index is 2.32. The molecule has 0 unspecified atom stereocenters. The summed E-state index contributed by atoms with van der Waals surface area (Å²) in [5.74, 6) is 5.22. The molecule has 0 spiro atoms. The van der Waals surface area contributed by atoms with E-state index in [1.807, 2.05) is 11.2 Å². The summed E-state index contributed by atoms with van der Waals surface area (Å²) in [6.45, 7) is 0. The molecule has 0 aromatic heterocycles. The molecule has 1 aliphatic rings. The molecule has 3 nitrogen and oxygen atoms in total. The molecule has 6 heavy (non-hydrogen) atoms. The number of nitrogens with two attached hydrogens (primary N) is 1. The molecule has 0 fully saturated rings. The molecule has 0 amide bonds. The molecule has 0 aliphatic carbocycles. The first-order chi connectivity index (χ1) is 2.89. The van der Waals surface area contributed by atoms with Gasteiger partial charge in [-0.25, -0.2) is 0 Å². The maximum atomic E-state index is 5.22. The Hall–Kier alpha value is -0.0205. The van der Waals surface area contributed by atoms with Crippen LogP contribution in [0.4, 0.5) is 0 Å². The summed E-state index contributed by atoms with van der Waals surface area (Å²) in [4.78, 5) is 2.01. The fourth-order valence-electron chi connectivity index (χ4n) is 0.230. The number of hydrazine groups is 2. The number of rotatable bonds is 0. The Bertz CT molecular complexity index is 63.2. The predicted octanol–water partition coefficient (Wildman–Crippen LogP) is -1.23. The monoisotopic (exact) mass is 151 g/mol. The summed E-state index contributed by atoms with van der Waals surface area (Å²) < 4.78 is 1.56. The molecule has 1 rings (SSSR count). The average molecular weight is 150 g/mol. The standard InChI is InChI=1S/C2H5N3Se/c3-5-4-1-2-6-5/h1-2,4H,3H2. The molecule has 0 atom stereocenters. The van der Waals surface area contributed by atoms with Gasteiger partial charge in [0.05, 0.1) is 0 Å². The van der Waals surface area contributed by atoms with Crippen molar-refractivity contribution in [1.82, 2.24) is 9.56 Å². The molecule has 0 bridgehead atoms. The summed E-state index contributed by atoms with van der Waals surface area (Å²) in [5, 5.41) is 0. The minimum atomic E-state index is 0.347. The van der Waals surface area contributed by atoms with Crippen LogP contribution in [0, 0.1) is 0 Å². The zero-order valence-electron chi connectivity index (χ0n) is 3.09. The van der Waals surface area contributed by atoms with Crippen LogP contribution in [-0.2, 0) is 0 Å². The first-order valence-corrected chi connectivity index (χ1v) is 3.28. The molecule has 1 aliphatic heterocycles. The number of nitrogens with one attached hydrogen (secondary N) is 1. The van der Waals surface area contributed by atoms with Crippen molar-refractivity contribution < 1.29 is 0 Å². The second-order valence-corrected chi connectivity index (χ2v) is 2.70. The van der Waals surface area contributed by atoms with E-state index in [-0.39, 0.29) is 0 Å². The second kappa shape index (κ2) is 1.62. The summed E-state index contributed by atoms with van der Waals surface area (Å²) in [7, 11) is 0. The molecule has 0 aromatic carbocycles. The zero-order chi connectivity index (χ0) is 4.41. The van der Waals surface area contributed by atoms with Gasteiger partial charge >= 0.3 is 41.8 Å². The summed E-state index contributed by atoms with van der Waals surface area (Å²) in [6, 6.07) is 0. The normalized spacial score (nSPS) is 21.5. The van der Waals surface area contributed by atoms with Crippen molar-refractivity contribution in [3.63, 3.8) is 0 Å². The molecular weight excluding hydrogens is 145 g/mol. The number of hydrogen-bond acceptors (Lipinski definition) is 3. The van der Waals surface area contributed by atoms with Gasteiger partial charge in [-0.3, -0.25) is 0 Å². The number of hydrogen-bond donors (Lipinski definition) is 2. The van der Waals surface area contributed by atoms with Crippen LogP contribution in [0.2, 0.25) is 0 Å². The van der Waals surface area contributed by atoms with E-state index in [4.69, 9.17) is 5.84 Å². The minimum absolute atomic E-state index is 0.347. The van der Waals surface area contributed by atoms with Crippen LogP contribution < -0.4 is 11.3 Å². The molecule has 0 radical (unpaired) electrons. The van der Waals surface area contributed by atoms with E-state index in [2.05, 4.69) is 5.43 Å². The van der Waals surface area contributed by atoms with Crippen molar-refractivity contribution in [2.75, 3.05) is 0 Å². The van der Waals surface area contributed by atoms with Crippen LogP contribution in [-0.4, -0.2) is 19.3 Å². The van der Waals surface area contributed by atoms with Gasteiger partial charge in [-0.15, -0.1) is 0 Å². The molecular formula is C2H5N3Se. The van der Waals surface area contributed by atoms with Gasteiger partial charge in [-0.2, -0.15) is 0 Å². The molecule has 0 saturated heterocycles. The zero-order valence-corrected chi connectivity index (χ0v) is 4.80. The third-order valence-corrected chi connectivity index (χ3v) is 1.68. The van der Waals surface area contributed by atoms with E-state index in [0.717, 1.165) is 0 Å². The molecule has 4 heteroatoms. The van der Waals surface area contributed by atoms with Gasteiger partial charge in [-0.05, 0) is 0 Å². The fourth-order valence-corrected chi connectivity index (χ4v) is 1.02. The maximum absolute atomic E-state index is 5.22. The molecule has 0 saturated carbocycles. The van der Waals surface area contributed by atoms with E-state index < -0.39 is 0 Å². The van der Waals surface area contributed by atoms with Gasteiger partial charge in [-0.1, -0.05) is 0 Å². The van der Waals surface area contributed by atoms with Gasteiger partial charge < -0.3 is 0 Å². The Morgan fingerprint density at radius 3 is 2.83 bits per heavy atom. The fraction of sp³-hybridized carbons (Fsp3) is 0. The summed E-state index contributed by atoms with van der Waals surface area (Å²) in [6.07, 6.45) is 1.83. The Morgan fingerprint density at radius 1 is 1.83 bits per heavy atom. The number of nitrogens with zero attached hydrogens (tertiary/aromatic N) is 1. The topological polar surface area (TPSA) is 41.3 Å². The van der Waals surface area contributed by atoms with Crippen LogP contribution >= 0.6 is 0 Å². The first-order valence-electron chi connectivity index (χ1n) is 1.52. The summed E-state index contributed by atoms with van der Waals surface area (Å²) >= 11 is 0.347. The van der Waals surface area contributed by atoms with E-state index in [1.165, 1.54) is 0 Å². The van der Waals surface area contributed by atoms with Gasteiger partial charge in [0.15, 0.2) is 0 Å². The third-order valence-electron chi connectivity index (χ3n) is 0.444. The molecule has 34 valence electrons. The van der Waals surface area contributed by atoms with Crippen LogP contribution in [0.25, 0.3) is 0 Å². The van der Waals surface area contributed by atoms with Gasteiger partial charge in [0.2, 0.25) is 0 Å². The van der Waals surface area contributed by atoms with Gasteiger partial charge in [0.1, 0.15) is 0 Å². The van der Waals surface area contributed by atoms with E-state index in [1.54, 1.807) is 4.13 Å². The van der Waals surface area contributed by atoms with E-state index in [0.29, 0.717) is 15.2 Å². The SMILES string of the molecule is NN1NC=C[Se]1. The van der Waals surface area contributed by atoms with Crippen LogP contribution in [0.15, 0.2) is 11.2 Å². The average Bonchev–Trinajstić information content (AvgIpc) is 1.86. The van der Waals surface area contributed by atoms with Gasteiger partial charge in [0.25, 0.3) is 0 Å². The van der Waals surface area contributed by atoms with Crippen molar-refractivity contribution in [1.29, 1.82) is 0 Å². The van der Waals surface area contributed by atoms with Crippen molar-refractivity contribution in [3.05, 3.63) is 11.2 Å². The second-order valence-electron chi connectivity index (χ2n) is 0.863. The van der Waals surface area contributed by atoms with Crippen LogP contribution in [0.5, 0.6) is 0 Å². The summed E-state index contributed by atoms with van der Waals surface area (Å²) in [5.41, 5.74) is 2.78. The Kier molecular flexibility index (Phi) is 1.12. The third kappa shape index (κ3) is 0.725. The van der Waals surface area contributed by atoms with Crippen molar-refractivity contribution in [2.45, 2.75) is 0 Å². The molecule has 3 N–H and O–H groups in total. The van der Waals surface area contributed by atoms with Gasteiger partial charge in [0, 0.05) is 0 Å². The molecule has 1 heterocycles. The van der Waals surface area contributed by atoms with E-state index in [9.17, 15) is 0 Å². The van der Waals surface area contributed by atoms with E-state index >= 15 is 0 Å². The van der Waals surface area contributed by atoms with Crippen LogP contribution in [0.1, 0.15) is 0 Å². The molecule has 0 aromatic rings. The van der Waals surface area contributed by atoms with Crippen LogP contribution in [0.3, 0.4) is 0 Å². The predicted molar refractivity (Wildman–Crippen MR) is 24.1 cm³/mol. The van der Waals surface area contributed by atoms with Crippen molar-refractivity contribution >= 4 is 15.2 Å².